The van der Waals surface area contributed by atoms with Gasteiger partial charge in [-0.3, -0.25) is 4.40 Å². The van der Waals surface area contributed by atoms with E-state index in [2.05, 4.69) is 34.5 Å². The quantitative estimate of drug-likeness (QED) is 0.703. The summed E-state index contributed by atoms with van der Waals surface area (Å²) in [6.07, 6.45) is 8.72. The molecule has 2 aliphatic carbocycles. The Kier molecular flexibility index (Phi) is 3.66. The van der Waals surface area contributed by atoms with E-state index < -0.39 is 0 Å². The first kappa shape index (κ1) is 15.2. The van der Waals surface area contributed by atoms with Crippen LogP contribution in [0.2, 0.25) is 5.02 Å². The summed E-state index contributed by atoms with van der Waals surface area (Å²) >= 11 is 6.58. The number of pyridine rings is 1. The topological polar surface area (TPSA) is 39.4 Å². The third kappa shape index (κ3) is 2.89. The Morgan fingerprint density at radius 3 is 2.76 bits per heavy atom. The van der Waals surface area contributed by atoms with Crippen LogP contribution in [-0.4, -0.2) is 20.7 Å². The fraction of sp³-hybridized carbons (Fsp3) is 0.400. The second kappa shape index (κ2) is 6.03. The van der Waals surface area contributed by atoms with Crippen molar-refractivity contribution in [3.63, 3.8) is 0 Å². The summed E-state index contributed by atoms with van der Waals surface area (Å²) in [5.41, 5.74) is 3.52. The molecule has 5 heteroatoms. The van der Waals surface area contributed by atoms with Gasteiger partial charge in [-0.2, -0.15) is 0 Å². The van der Waals surface area contributed by atoms with Gasteiger partial charge in [0.25, 0.3) is 0 Å². The van der Waals surface area contributed by atoms with Crippen molar-refractivity contribution >= 4 is 17.2 Å². The van der Waals surface area contributed by atoms with Crippen LogP contribution in [0.15, 0.2) is 36.5 Å². The van der Waals surface area contributed by atoms with Gasteiger partial charge in [-0.15, -0.1) is 10.2 Å². The summed E-state index contributed by atoms with van der Waals surface area (Å²) in [6.45, 7) is 0. The highest BCUT2D eigenvalue weighted by Gasteiger charge is 2.25. The van der Waals surface area contributed by atoms with Gasteiger partial charge in [-0.1, -0.05) is 35.9 Å². The lowest BCUT2D eigenvalue weighted by Crippen LogP contribution is -2.25. The molecular formula is C20H20ClN3O. The summed E-state index contributed by atoms with van der Waals surface area (Å²) in [5, 5.41) is 9.18. The molecule has 0 N–H and O–H groups in total. The maximum absolute atomic E-state index is 6.58. The second-order valence-electron chi connectivity index (χ2n) is 7.20. The molecule has 1 atom stereocenters. The molecule has 1 aromatic carbocycles. The number of ether oxygens (including phenoxy) is 1. The van der Waals surface area contributed by atoms with Gasteiger partial charge >= 0.3 is 0 Å². The first-order chi connectivity index (χ1) is 12.3. The van der Waals surface area contributed by atoms with E-state index in [1.807, 2.05) is 16.7 Å². The van der Waals surface area contributed by atoms with Crippen molar-refractivity contribution in [3.8, 4) is 5.75 Å². The van der Waals surface area contributed by atoms with Crippen molar-refractivity contribution in [1.29, 1.82) is 0 Å². The van der Waals surface area contributed by atoms with E-state index in [-0.39, 0.29) is 6.10 Å². The minimum absolute atomic E-state index is 0.156. The highest BCUT2D eigenvalue weighted by atomic mass is 35.5. The Hall–Kier alpha value is -2.07. The largest absolute Gasteiger partial charge is 0.488 e. The van der Waals surface area contributed by atoms with Crippen molar-refractivity contribution in [3.05, 3.63) is 58.5 Å². The Morgan fingerprint density at radius 2 is 1.92 bits per heavy atom. The molecule has 2 aromatic heterocycles. The Balaban J connectivity index is 1.39. The second-order valence-corrected chi connectivity index (χ2v) is 7.58. The van der Waals surface area contributed by atoms with E-state index in [4.69, 9.17) is 16.3 Å². The van der Waals surface area contributed by atoms with Crippen molar-refractivity contribution in [1.82, 2.24) is 14.6 Å². The van der Waals surface area contributed by atoms with E-state index in [0.29, 0.717) is 16.4 Å². The lowest BCUT2D eigenvalue weighted by molar-refractivity contribution is 0.185. The van der Waals surface area contributed by atoms with Gasteiger partial charge in [0.05, 0.1) is 0 Å². The van der Waals surface area contributed by atoms with E-state index in [1.165, 1.54) is 24.0 Å². The minimum Gasteiger partial charge on any atom is -0.488 e. The van der Waals surface area contributed by atoms with Gasteiger partial charge in [-0.25, -0.2) is 0 Å². The van der Waals surface area contributed by atoms with Gasteiger partial charge < -0.3 is 4.74 Å². The van der Waals surface area contributed by atoms with Gasteiger partial charge in [0.2, 0.25) is 0 Å². The number of aryl methyl sites for hydroxylation is 1. The number of hydrogen-bond donors (Lipinski definition) is 0. The fourth-order valence-electron chi connectivity index (χ4n) is 3.71. The standard InChI is InChI=1S/C20H20ClN3O/c21-19-17(25-16-8-7-14-3-1-2-4-15(14)12-16)9-10-24-18(11-13-5-6-13)22-23-20(19)24/h1-4,9-10,13,16H,5-8,11-12H2. The van der Waals surface area contributed by atoms with Crippen LogP contribution in [0, 0.1) is 5.92 Å². The van der Waals surface area contributed by atoms with Crippen LogP contribution in [0.5, 0.6) is 5.75 Å². The van der Waals surface area contributed by atoms with Gasteiger partial charge in [0.1, 0.15) is 22.7 Å². The van der Waals surface area contributed by atoms with E-state index in [0.717, 1.165) is 37.4 Å². The van der Waals surface area contributed by atoms with Crippen LogP contribution in [0.1, 0.15) is 36.2 Å². The van der Waals surface area contributed by atoms with Gasteiger partial charge in [-0.05, 0) is 48.8 Å². The monoisotopic (exact) mass is 353 g/mol. The zero-order valence-electron chi connectivity index (χ0n) is 14.0. The number of hydrogen-bond acceptors (Lipinski definition) is 3. The van der Waals surface area contributed by atoms with Crippen LogP contribution in [0.4, 0.5) is 0 Å². The SMILES string of the molecule is Clc1c(OC2CCc3ccccc3C2)ccn2c(CC3CC3)nnc12. The molecular weight excluding hydrogens is 334 g/mol. The molecule has 0 aliphatic heterocycles. The molecule has 1 fully saturated rings. The smallest absolute Gasteiger partial charge is 0.183 e. The summed E-state index contributed by atoms with van der Waals surface area (Å²) in [6, 6.07) is 10.6. The maximum atomic E-state index is 6.58. The third-order valence-electron chi connectivity index (χ3n) is 5.32. The predicted molar refractivity (Wildman–Crippen MR) is 97.3 cm³/mol. The van der Waals surface area contributed by atoms with Crippen LogP contribution in [0.3, 0.4) is 0 Å². The zero-order chi connectivity index (χ0) is 16.8. The van der Waals surface area contributed by atoms with Crippen molar-refractivity contribution in [2.75, 3.05) is 0 Å². The number of nitrogens with zero attached hydrogens (tertiary/aromatic N) is 3. The first-order valence-electron chi connectivity index (χ1n) is 9.03. The van der Waals surface area contributed by atoms with Crippen LogP contribution >= 0.6 is 11.6 Å². The lowest BCUT2D eigenvalue weighted by Gasteiger charge is -2.25. The van der Waals surface area contributed by atoms with Gasteiger partial charge in [0.15, 0.2) is 5.65 Å². The highest BCUT2D eigenvalue weighted by molar-refractivity contribution is 6.34. The molecule has 0 spiro atoms. The van der Waals surface area contributed by atoms with E-state index in [1.54, 1.807) is 0 Å². The molecule has 2 heterocycles. The highest BCUT2D eigenvalue weighted by Crippen LogP contribution is 2.35. The van der Waals surface area contributed by atoms with Crippen LogP contribution in [-0.2, 0) is 19.3 Å². The van der Waals surface area contributed by atoms with Gasteiger partial charge in [0, 0.05) is 19.0 Å². The molecule has 0 saturated heterocycles. The normalized spacial score (nSPS) is 19.8. The van der Waals surface area contributed by atoms with Crippen LogP contribution < -0.4 is 4.74 Å². The van der Waals surface area contributed by atoms with Crippen molar-refractivity contribution in [2.24, 2.45) is 5.92 Å². The molecule has 5 rings (SSSR count). The molecule has 128 valence electrons. The predicted octanol–water partition coefficient (Wildman–Crippen LogP) is 4.27. The van der Waals surface area contributed by atoms with E-state index >= 15 is 0 Å². The molecule has 4 nitrogen and oxygen atoms in total. The molecule has 2 aliphatic rings. The van der Waals surface area contributed by atoms with Crippen molar-refractivity contribution < 1.29 is 4.74 Å². The number of fused-ring (bicyclic) bond motifs is 2. The average Bonchev–Trinajstić information content (AvgIpc) is 3.36. The molecule has 1 unspecified atom stereocenters. The fourth-order valence-corrected chi connectivity index (χ4v) is 3.95. The first-order valence-corrected chi connectivity index (χ1v) is 9.41. The average molecular weight is 354 g/mol. The molecule has 3 aromatic rings. The number of aromatic nitrogens is 3. The lowest BCUT2D eigenvalue weighted by atomic mass is 9.90. The summed E-state index contributed by atoms with van der Waals surface area (Å²) in [5.74, 6) is 2.48. The molecule has 0 radical (unpaired) electrons. The van der Waals surface area contributed by atoms with Crippen LogP contribution in [0.25, 0.3) is 5.65 Å². The molecule has 0 bridgehead atoms. The zero-order valence-corrected chi connectivity index (χ0v) is 14.7. The summed E-state index contributed by atoms with van der Waals surface area (Å²) < 4.78 is 8.24. The Labute approximate surface area is 151 Å². The molecule has 1 saturated carbocycles. The minimum atomic E-state index is 0.156. The molecule has 25 heavy (non-hydrogen) atoms. The summed E-state index contributed by atoms with van der Waals surface area (Å²) in [4.78, 5) is 0. The summed E-state index contributed by atoms with van der Waals surface area (Å²) in [7, 11) is 0. The number of halogens is 1. The van der Waals surface area contributed by atoms with E-state index in [9.17, 15) is 0 Å². The number of benzene rings is 1. The Bertz CT molecular complexity index is 932. The maximum Gasteiger partial charge on any atom is 0.183 e. The van der Waals surface area contributed by atoms with Crippen molar-refractivity contribution in [2.45, 2.75) is 44.6 Å². The Morgan fingerprint density at radius 1 is 1.08 bits per heavy atom. The third-order valence-corrected chi connectivity index (χ3v) is 5.67. The number of rotatable bonds is 4. The molecule has 0 amide bonds.